The van der Waals surface area contributed by atoms with Crippen molar-refractivity contribution in [3.8, 4) is 5.75 Å². The number of fused-ring (bicyclic) bond motifs is 1. The van der Waals surface area contributed by atoms with Gasteiger partial charge in [0, 0.05) is 11.5 Å². The molecule has 0 spiro atoms. The van der Waals surface area contributed by atoms with E-state index in [4.69, 9.17) is 9.15 Å². The molecule has 6 nitrogen and oxygen atoms in total. The Morgan fingerprint density at radius 1 is 1.11 bits per heavy atom. The lowest BCUT2D eigenvalue weighted by atomic mass is 10.1. The number of ether oxygens (including phenoxy) is 1. The summed E-state index contributed by atoms with van der Waals surface area (Å²) in [6.07, 6.45) is 0.759. The van der Waals surface area contributed by atoms with Crippen molar-refractivity contribution < 1.29 is 17.6 Å². The Kier molecular flexibility index (Phi) is 4.49. The zero-order chi connectivity index (χ0) is 19.0. The van der Waals surface area contributed by atoms with Crippen LogP contribution >= 0.6 is 0 Å². The van der Waals surface area contributed by atoms with Crippen molar-refractivity contribution >= 4 is 21.0 Å². The van der Waals surface area contributed by atoms with Gasteiger partial charge in [0.05, 0.1) is 18.0 Å². The SMILES string of the molecule is CCc1cccc(OC2CN(S(=O)(=O)c3ccc4oc(=O)ccc4c3)C2)c1. The summed E-state index contributed by atoms with van der Waals surface area (Å²) in [7, 11) is -3.61. The van der Waals surface area contributed by atoms with E-state index in [-0.39, 0.29) is 11.0 Å². The van der Waals surface area contributed by atoms with Crippen molar-refractivity contribution in [2.24, 2.45) is 0 Å². The van der Waals surface area contributed by atoms with E-state index in [1.807, 2.05) is 24.3 Å². The van der Waals surface area contributed by atoms with Crippen molar-refractivity contribution in [3.05, 3.63) is 70.6 Å². The summed E-state index contributed by atoms with van der Waals surface area (Å²) in [5.74, 6) is 0.761. The smallest absolute Gasteiger partial charge is 0.336 e. The topological polar surface area (TPSA) is 76.8 Å². The summed E-state index contributed by atoms with van der Waals surface area (Å²) in [5, 5.41) is 0.570. The molecular weight excluding hydrogens is 366 g/mol. The van der Waals surface area contributed by atoms with Gasteiger partial charge in [-0.3, -0.25) is 0 Å². The number of rotatable bonds is 5. The van der Waals surface area contributed by atoms with Crippen LogP contribution in [-0.2, 0) is 16.4 Å². The summed E-state index contributed by atoms with van der Waals surface area (Å²) < 4.78 is 37.9. The number of hydrogen-bond acceptors (Lipinski definition) is 5. The molecule has 0 saturated carbocycles. The molecule has 1 fully saturated rings. The van der Waals surface area contributed by atoms with Crippen LogP contribution in [0, 0.1) is 0 Å². The number of aryl methyl sites for hydroxylation is 1. The summed E-state index contributed by atoms with van der Waals surface area (Å²) in [4.78, 5) is 11.4. The van der Waals surface area contributed by atoms with E-state index in [0.717, 1.165) is 12.2 Å². The zero-order valence-corrected chi connectivity index (χ0v) is 15.6. The fourth-order valence-electron chi connectivity index (χ4n) is 3.06. The van der Waals surface area contributed by atoms with Crippen molar-refractivity contribution in [1.82, 2.24) is 4.31 Å². The van der Waals surface area contributed by atoms with E-state index >= 15 is 0 Å². The number of hydrogen-bond donors (Lipinski definition) is 0. The molecule has 7 heteroatoms. The van der Waals surface area contributed by atoms with Crippen LogP contribution in [0.4, 0.5) is 0 Å². The highest BCUT2D eigenvalue weighted by atomic mass is 32.2. The van der Waals surface area contributed by atoms with Crippen LogP contribution in [-0.4, -0.2) is 31.9 Å². The fraction of sp³-hybridized carbons (Fsp3) is 0.250. The summed E-state index contributed by atoms with van der Waals surface area (Å²) >= 11 is 0. The maximum absolute atomic E-state index is 12.8. The molecule has 0 unspecified atom stereocenters. The first kappa shape index (κ1) is 17.8. The third kappa shape index (κ3) is 3.48. The lowest BCUT2D eigenvalue weighted by Gasteiger charge is -2.37. The molecule has 3 aromatic rings. The van der Waals surface area contributed by atoms with Crippen molar-refractivity contribution in [2.75, 3.05) is 13.1 Å². The van der Waals surface area contributed by atoms with Gasteiger partial charge < -0.3 is 9.15 Å². The number of benzene rings is 2. The third-order valence-corrected chi connectivity index (χ3v) is 6.48. The second kappa shape index (κ2) is 6.83. The highest BCUT2D eigenvalue weighted by molar-refractivity contribution is 7.89. The molecule has 4 rings (SSSR count). The van der Waals surface area contributed by atoms with Crippen molar-refractivity contribution in [2.45, 2.75) is 24.3 Å². The largest absolute Gasteiger partial charge is 0.488 e. The Labute approximate surface area is 157 Å². The van der Waals surface area contributed by atoms with Gasteiger partial charge in [0.2, 0.25) is 10.0 Å². The van der Waals surface area contributed by atoms with E-state index in [0.29, 0.717) is 24.1 Å². The average Bonchev–Trinajstić information content (AvgIpc) is 2.63. The lowest BCUT2D eigenvalue weighted by molar-refractivity contribution is 0.0761. The Morgan fingerprint density at radius 2 is 1.93 bits per heavy atom. The van der Waals surface area contributed by atoms with Crippen LogP contribution < -0.4 is 10.4 Å². The molecule has 0 atom stereocenters. The Hall–Kier alpha value is -2.64. The molecule has 0 radical (unpaired) electrons. The van der Waals surface area contributed by atoms with Gasteiger partial charge in [-0.05, 0) is 48.4 Å². The van der Waals surface area contributed by atoms with Crippen LogP contribution in [0.5, 0.6) is 5.75 Å². The maximum Gasteiger partial charge on any atom is 0.336 e. The molecule has 0 amide bonds. The summed E-state index contributed by atoms with van der Waals surface area (Å²) in [6.45, 7) is 2.69. The van der Waals surface area contributed by atoms with E-state index in [9.17, 15) is 13.2 Å². The summed E-state index contributed by atoms with van der Waals surface area (Å²) in [5.41, 5.74) is 1.08. The molecule has 0 bridgehead atoms. The average molecular weight is 385 g/mol. The van der Waals surface area contributed by atoms with Crippen LogP contribution in [0.2, 0.25) is 0 Å². The molecule has 1 saturated heterocycles. The normalized spacial score (nSPS) is 15.6. The van der Waals surface area contributed by atoms with Gasteiger partial charge in [-0.1, -0.05) is 19.1 Å². The van der Waals surface area contributed by atoms with E-state index in [1.54, 1.807) is 6.07 Å². The molecule has 140 valence electrons. The molecule has 2 heterocycles. The Bertz CT molecular complexity index is 1150. The Balaban J connectivity index is 1.48. The highest BCUT2D eigenvalue weighted by Gasteiger charge is 2.38. The Morgan fingerprint density at radius 3 is 2.70 bits per heavy atom. The van der Waals surface area contributed by atoms with E-state index in [1.165, 1.54) is 34.1 Å². The number of sulfonamides is 1. The lowest BCUT2D eigenvalue weighted by Crippen LogP contribution is -2.55. The highest BCUT2D eigenvalue weighted by Crippen LogP contribution is 2.27. The fourth-order valence-corrected chi connectivity index (χ4v) is 4.60. The minimum atomic E-state index is -3.61. The zero-order valence-electron chi connectivity index (χ0n) is 14.8. The molecule has 27 heavy (non-hydrogen) atoms. The van der Waals surface area contributed by atoms with Crippen LogP contribution in [0.25, 0.3) is 11.0 Å². The van der Waals surface area contributed by atoms with Crippen LogP contribution in [0.3, 0.4) is 0 Å². The monoisotopic (exact) mass is 385 g/mol. The standard InChI is InChI=1S/C20H19NO5S/c1-2-14-4-3-5-16(10-14)25-17-12-21(13-17)27(23,24)18-7-8-19-15(11-18)6-9-20(22)26-19/h3-11,17H,2,12-13H2,1H3. The minimum Gasteiger partial charge on any atom is -0.488 e. The van der Waals surface area contributed by atoms with Crippen molar-refractivity contribution in [1.29, 1.82) is 0 Å². The van der Waals surface area contributed by atoms with Gasteiger partial charge >= 0.3 is 5.63 Å². The molecule has 0 N–H and O–H groups in total. The predicted molar refractivity (Wildman–Crippen MR) is 101 cm³/mol. The van der Waals surface area contributed by atoms with E-state index in [2.05, 4.69) is 6.92 Å². The predicted octanol–water partition coefficient (Wildman–Crippen LogP) is 2.81. The van der Waals surface area contributed by atoms with Gasteiger partial charge in [-0.15, -0.1) is 0 Å². The minimum absolute atomic E-state index is 0.162. The molecular formula is C20H19NO5S. The molecule has 1 aliphatic rings. The van der Waals surface area contributed by atoms with Gasteiger partial charge in [0.15, 0.2) is 0 Å². The quantitative estimate of drug-likeness (QED) is 0.631. The van der Waals surface area contributed by atoms with Gasteiger partial charge in [-0.2, -0.15) is 4.31 Å². The second-order valence-electron chi connectivity index (χ2n) is 6.52. The van der Waals surface area contributed by atoms with Crippen LogP contribution in [0.1, 0.15) is 12.5 Å². The van der Waals surface area contributed by atoms with Gasteiger partial charge in [0.25, 0.3) is 0 Å². The first-order valence-electron chi connectivity index (χ1n) is 8.75. The molecule has 1 aromatic heterocycles. The van der Waals surface area contributed by atoms with Gasteiger partial charge in [0.1, 0.15) is 17.4 Å². The first-order chi connectivity index (χ1) is 13.0. The van der Waals surface area contributed by atoms with Crippen molar-refractivity contribution in [3.63, 3.8) is 0 Å². The third-order valence-electron chi connectivity index (χ3n) is 4.65. The van der Waals surface area contributed by atoms with E-state index < -0.39 is 15.6 Å². The van der Waals surface area contributed by atoms with Crippen LogP contribution in [0.15, 0.2) is 68.7 Å². The first-order valence-corrected chi connectivity index (χ1v) is 10.2. The number of nitrogens with zero attached hydrogens (tertiary/aromatic N) is 1. The maximum atomic E-state index is 12.8. The molecule has 0 aliphatic carbocycles. The molecule has 1 aliphatic heterocycles. The molecule has 2 aromatic carbocycles. The van der Waals surface area contributed by atoms with Gasteiger partial charge in [-0.25, -0.2) is 13.2 Å². The second-order valence-corrected chi connectivity index (χ2v) is 8.45. The summed E-state index contributed by atoms with van der Waals surface area (Å²) in [6, 6.07) is 15.2.